The maximum absolute atomic E-state index is 12.6. The minimum Gasteiger partial charge on any atom is -0.491 e. The van der Waals surface area contributed by atoms with Gasteiger partial charge in [0.2, 0.25) is 0 Å². The van der Waals surface area contributed by atoms with Crippen molar-refractivity contribution in [1.29, 1.82) is 0 Å². The smallest absolute Gasteiger partial charge is 0.343 e. The summed E-state index contributed by atoms with van der Waals surface area (Å²) in [5.74, 6) is -0.343. The van der Waals surface area contributed by atoms with Gasteiger partial charge in [-0.1, -0.05) is 49.0 Å². The monoisotopic (exact) mass is 552 g/mol. The zero-order valence-corrected chi connectivity index (χ0v) is 22.2. The topological polar surface area (TPSA) is 97.4 Å². The van der Waals surface area contributed by atoms with Crippen LogP contribution in [-0.2, 0) is 14.3 Å². The first-order valence-electron chi connectivity index (χ1n) is 12.8. The lowest BCUT2D eigenvalue weighted by Crippen LogP contribution is -2.12. The molecule has 0 aliphatic heterocycles. The van der Waals surface area contributed by atoms with Crippen LogP contribution >= 0.6 is 0 Å². The van der Waals surface area contributed by atoms with E-state index < -0.39 is 17.9 Å². The molecule has 0 saturated carbocycles. The Hall–Kier alpha value is -5.21. The average molecular weight is 553 g/mol. The Bertz CT molecular complexity index is 1440. The number of carbonyl (C=O) groups excluding carboxylic acids is 3. The Morgan fingerprint density at radius 3 is 1.61 bits per heavy atom. The molecular formula is C33H28O8. The third-order valence-electron chi connectivity index (χ3n) is 5.70. The summed E-state index contributed by atoms with van der Waals surface area (Å²) in [7, 11) is 0. The van der Waals surface area contributed by atoms with Crippen LogP contribution < -0.4 is 14.2 Å². The van der Waals surface area contributed by atoms with Gasteiger partial charge in [0.1, 0.15) is 30.5 Å². The Morgan fingerprint density at radius 1 is 0.561 bits per heavy atom. The summed E-state index contributed by atoms with van der Waals surface area (Å²) in [6, 6.07) is 29.7. The van der Waals surface area contributed by atoms with Gasteiger partial charge in [0.15, 0.2) is 0 Å². The summed E-state index contributed by atoms with van der Waals surface area (Å²) < 4.78 is 26.6. The van der Waals surface area contributed by atoms with E-state index >= 15 is 0 Å². The van der Waals surface area contributed by atoms with Gasteiger partial charge in [-0.3, -0.25) is 0 Å². The highest BCUT2D eigenvalue weighted by molar-refractivity contribution is 5.92. The second-order valence-electron chi connectivity index (χ2n) is 8.55. The van der Waals surface area contributed by atoms with Gasteiger partial charge in [-0.05, 0) is 71.8 Å². The molecule has 0 aromatic heterocycles. The van der Waals surface area contributed by atoms with Gasteiger partial charge in [-0.25, -0.2) is 14.4 Å². The molecule has 4 aromatic rings. The number of rotatable bonds is 13. The fourth-order valence-electron chi connectivity index (χ4n) is 3.60. The van der Waals surface area contributed by atoms with Gasteiger partial charge in [0.25, 0.3) is 0 Å². The van der Waals surface area contributed by atoms with Gasteiger partial charge in [-0.15, -0.1) is 0 Å². The summed E-state index contributed by atoms with van der Waals surface area (Å²) in [4.78, 5) is 36.0. The van der Waals surface area contributed by atoms with Gasteiger partial charge in [0, 0.05) is 6.08 Å². The van der Waals surface area contributed by atoms with E-state index in [4.69, 9.17) is 23.7 Å². The molecule has 0 spiro atoms. The largest absolute Gasteiger partial charge is 0.491 e. The molecule has 0 bridgehead atoms. The highest BCUT2D eigenvalue weighted by Crippen LogP contribution is 2.22. The summed E-state index contributed by atoms with van der Waals surface area (Å²) in [5, 5.41) is 0. The van der Waals surface area contributed by atoms with Crippen LogP contribution in [0.4, 0.5) is 0 Å². The summed E-state index contributed by atoms with van der Waals surface area (Å²) >= 11 is 0. The first-order valence-corrected chi connectivity index (χ1v) is 12.8. The van der Waals surface area contributed by atoms with Crippen LogP contribution in [0.15, 0.2) is 116 Å². The van der Waals surface area contributed by atoms with Crippen LogP contribution in [0.2, 0.25) is 0 Å². The van der Waals surface area contributed by atoms with E-state index in [9.17, 15) is 14.4 Å². The highest BCUT2D eigenvalue weighted by atomic mass is 16.6. The van der Waals surface area contributed by atoms with Crippen molar-refractivity contribution >= 4 is 17.9 Å². The standard InChI is InChI=1S/C33H28O8/c1-2-31(34)39-23-21-37-20-22-38-28-14-12-27(13-15-28)33(36)41-30-18-16-29(17-19-30)40-32(35)26-10-8-25(9-11-26)24-6-4-3-5-7-24/h2-19H,1,20-23H2. The molecular weight excluding hydrogens is 524 g/mol. The molecule has 4 aromatic carbocycles. The summed E-state index contributed by atoms with van der Waals surface area (Å²) in [5.41, 5.74) is 2.83. The number of ether oxygens (including phenoxy) is 5. The minimum atomic E-state index is -0.544. The van der Waals surface area contributed by atoms with Crippen molar-refractivity contribution in [2.45, 2.75) is 0 Å². The SMILES string of the molecule is C=CC(=O)OCCOCCOc1ccc(C(=O)Oc2ccc(OC(=O)c3ccc(-c4ccccc4)cc3)cc2)cc1. The van der Waals surface area contributed by atoms with E-state index in [1.54, 1.807) is 60.7 Å². The molecule has 0 aliphatic carbocycles. The van der Waals surface area contributed by atoms with E-state index in [2.05, 4.69) is 6.58 Å². The molecule has 0 unspecified atom stereocenters. The number of carbonyl (C=O) groups is 3. The van der Waals surface area contributed by atoms with Gasteiger partial charge in [0.05, 0.1) is 24.3 Å². The second-order valence-corrected chi connectivity index (χ2v) is 8.55. The van der Waals surface area contributed by atoms with Crippen LogP contribution in [0.1, 0.15) is 20.7 Å². The van der Waals surface area contributed by atoms with E-state index in [1.165, 1.54) is 0 Å². The quantitative estimate of drug-likeness (QED) is 0.0873. The van der Waals surface area contributed by atoms with Crippen molar-refractivity contribution in [2.24, 2.45) is 0 Å². The Labute approximate surface area is 237 Å². The maximum atomic E-state index is 12.6. The molecule has 0 aliphatic rings. The maximum Gasteiger partial charge on any atom is 0.343 e. The lowest BCUT2D eigenvalue weighted by Gasteiger charge is -2.09. The first-order chi connectivity index (χ1) is 20.0. The van der Waals surface area contributed by atoms with Gasteiger partial charge >= 0.3 is 17.9 Å². The minimum absolute atomic E-state index is 0.138. The van der Waals surface area contributed by atoms with E-state index in [0.29, 0.717) is 35.0 Å². The number of esters is 3. The van der Waals surface area contributed by atoms with Gasteiger partial charge in [-0.2, -0.15) is 0 Å². The Balaban J connectivity index is 1.20. The fraction of sp³-hybridized carbons (Fsp3) is 0.121. The molecule has 4 rings (SSSR count). The molecule has 0 heterocycles. The molecule has 0 amide bonds. The Morgan fingerprint density at radius 2 is 1.05 bits per heavy atom. The molecule has 0 radical (unpaired) electrons. The van der Waals surface area contributed by atoms with Crippen LogP contribution in [0.3, 0.4) is 0 Å². The van der Waals surface area contributed by atoms with E-state index in [1.807, 2.05) is 42.5 Å². The summed E-state index contributed by atoms with van der Waals surface area (Å²) in [6.07, 6.45) is 1.09. The Kier molecular flexibility index (Phi) is 10.4. The van der Waals surface area contributed by atoms with Crippen molar-refractivity contribution < 1.29 is 38.1 Å². The molecule has 208 valence electrons. The fourth-order valence-corrected chi connectivity index (χ4v) is 3.60. The van der Waals surface area contributed by atoms with Crippen LogP contribution in [0.25, 0.3) is 11.1 Å². The van der Waals surface area contributed by atoms with Crippen molar-refractivity contribution in [3.05, 3.63) is 127 Å². The lowest BCUT2D eigenvalue weighted by atomic mass is 10.0. The molecule has 8 nitrogen and oxygen atoms in total. The molecule has 0 fully saturated rings. The summed E-state index contributed by atoms with van der Waals surface area (Å²) in [6.45, 7) is 4.29. The molecule has 0 N–H and O–H groups in total. The average Bonchev–Trinajstić information content (AvgIpc) is 3.02. The van der Waals surface area contributed by atoms with E-state index in [-0.39, 0.29) is 19.8 Å². The number of hydrogen-bond acceptors (Lipinski definition) is 8. The first kappa shape index (κ1) is 28.8. The zero-order chi connectivity index (χ0) is 28.9. The third kappa shape index (κ3) is 8.91. The molecule has 8 heteroatoms. The van der Waals surface area contributed by atoms with Gasteiger partial charge < -0.3 is 23.7 Å². The van der Waals surface area contributed by atoms with Crippen molar-refractivity contribution in [3.63, 3.8) is 0 Å². The molecule has 0 saturated heterocycles. The van der Waals surface area contributed by atoms with Crippen LogP contribution in [0.5, 0.6) is 17.2 Å². The molecule has 41 heavy (non-hydrogen) atoms. The highest BCUT2D eigenvalue weighted by Gasteiger charge is 2.12. The van der Waals surface area contributed by atoms with Crippen LogP contribution in [0, 0.1) is 0 Å². The number of benzene rings is 4. The van der Waals surface area contributed by atoms with E-state index in [0.717, 1.165) is 17.2 Å². The predicted molar refractivity (Wildman–Crippen MR) is 152 cm³/mol. The van der Waals surface area contributed by atoms with Crippen LogP contribution in [-0.4, -0.2) is 44.3 Å². The van der Waals surface area contributed by atoms with Crippen molar-refractivity contribution in [3.8, 4) is 28.4 Å². The lowest BCUT2D eigenvalue weighted by molar-refractivity contribution is -0.139. The third-order valence-corrected chi connectivity index (χ3v) is 5.70. The normalized spacial score (nSPS) is 10.3. The van der Waals surface area contributed by atoms with Crippen molar-refractivity contribution in [2.75, 3.05) is 26.4 Å². The predicted octanol–water partition coefficient (Wildman–Crippen LogP) is 5.92. The second kappa shape index (κ2) is 14.8. The number of hydrogen-bond donors (Lipinski definition) is 0. The zero-order valence-electron chi connectivity index (χ0n) is 22.2. The molecule has 0 atom stereocenters. The van der Waals surface area contributed by atoms with Crippen molar-refractivity contribution in [1.82, 2.24) is 0 Å².